The van der Waals surface area contributed by atoms with Crippen molar-refractivity contribution in [2.75, 3.05) is 6.54 Å². The summed E-state index contributed by atoms with van der Waals surface area (Å²) < 4.78 is 0. The van der Waals surface area contributed by atoms with Gasteiger partial charge in [-0.25, -0.2) is 4.98 Å². The molecule has 1 aromatic heterocycles. The molecule has 0 aliphatic carbocycles. The fraction of sp³-hybridized carbons (Fsp3) is 0.579. The third-order valence-electron chi connectivity index (χ3n) is 9.51. The average molecular weight is 768 g/mol. The number of rotatable bonds is 21. The van der Waals surface area contributed by atoms with Gasteiger partial charge in [0, 0.05) is 31.3 Å². The third-order valence-corrected chi connectivity index (χ3v) is 9.51. The van der Waals surface area contributed by atoms with Crippen molar-refractivity contribution in [3.05, 3.63) is 54.1 Å². The summed E-state index contributed by atoms with van der Waals surface area (Å²) in [7, 11) is 0. The highest BCUT2D eigenvalue weighted by Gasteiger charge is 2.35. The zero-order chi connectivity index (χ0) is 40.5. The van der Waals surface area contributed by atoms with Gasteiger partial charge in [0.05, 0.1) is 12.4 Å². The van der Waals surface area contributed by atoms with Crippen LogP contribution in [-0.4, -0.2) is 99.3 Å². The lowest BCUT2D eigenvalue weighted by atomic mass is 9.96. The molecule has 0 spiro atoms. The van der Waals surface area contributed by atoms with Crippen LogP contribution in [0.4, 0.5) is 0 Å². The summed E-state index contributed by atoms with van der Waals surface area (Å²) in [5, 5.41) is 25.7. The standard InChI is InChI=1S/C38H57N9O8/c1-5-23(4)32(38(55)44-27-13-9-10-16-41-34(27)51)47-35(52)28(14-15-31(48)49)43-37(54)30(19-25-20-40-21-42-25)46-36(53)29(17-22(2)3)45-33(50)26(39)18-24-11-7-6-8-12-24/h6-8,11-12,20-23,26-30,32H,5,9-10,13-19,39H2,1-4H3,(H,40,42)(H,41,51)(H,43,54)(H,44,55)(H,45,50)(H,46,53)(H,47,52)(H,48,49)/t23-,26+,27-,28+,29-,30+,32+/m0/s1. The number of hydrogen-bond acceptors (Lipinski definition) is 9. The van der Waals surface area contributed by atoms with E-state index in [4.69, 9.17) is 5.73 Å². The maximum Gasteiger partial charge on any atom is 0.303 e. The monoisotopic (exact) mass is 767 g/mol. The van der Waals surface area contributed by atoms with E-state index in [2.05, 4.69) is 41.9 Å². The first-order chi connectivity index (χ1) is 26.2. The number of carbonyl (C=O) groups excluding carboxylic acids is 6. The summed E-state index contributed by atoms with van der Waals surface area (Å²) in [6, 6.07) is 2.55. The molecule has 2 aromatic rings. The number of nitrogens with zero attached hydrogens (tertiary/aromatic N) is 1. The van der Waals surface area contributed by atoms with Gasteiger partial charge in [0.1, 0.15) is 30.2 Å². The molecule has 3 rings (SSSR count). The summed E-state index contributed by atoms with van der Waals surface area (Å²) in [6.07, 6.45) is 4.79. The fourth-order valence-electron chi connectivity index (χ4n) is 6.14. The number of nitrogens with one attached hydrogen (secondary N) is 7. The van der Waals surface area contributed by atoms with Gasteiger partial charge in [-0.3, -0.25) is 33.6 Å². The molecule has 0 saturated carbocycles. The van der Waals surface area contributed by atoms with Crippen molar-refractivity contribution in [2.24, 2.45) is 17.6 Å². The Balaban J connectivity index is 1.81. The van der Waals surface area contributed by atoms with E-state index in [9.17, 15) is 38.7 Å². The number of imidazole rings is 1. The molecule has 17 heteroatoms. The number of nitrogens with two attached hydrogens (primary N) is 1. The van der Waals surface area contributed by atoms with Crippen molar-refractivity contribution in [1.29, 1.82) is 0 Å². The zero-order valence-electron chi connectivity index (χ0n) is 32.1. The zero-order valence-corrected chi connectivity index (χ0v) is 32.1. The van der Waals surface area contributed by atoms with Gasteiger partial charge in [-0.1, -0.05) is 64.4 Å². The molecule has 7 atom stereocenters. The second kappa shape index (κ2) is 22.2. The largest absolute Gasteiger partial charge is 0.481 e. The average Bonchev–Trinajstić information content (AvgIpc) is 3.58. The lowest BCUT2D eigenvalue weighted by Crippen LogP contribution is -2.60. The van der Waals surface area contributed by atoms with Crippen molar-refractivity contribution in [1.82, 2.24) is 41.9 Å². The van der Waals surface area contributed by atoms with Gasteiger partial charge in [-0.15, -0.1) is 0 Å². The summed E-state index contributed by atoms with van der Waals surface area (Å²) in [5.41, 5.74) is 7.51. The molecule has 2 heterocycles. The van der Waals surface area contributed by atoms with Gasteiger partial charge in [-0.2, -0.15) is 0 Å². The van der Waals surface area contributed by atoms with Crippen LogP contribution in [0.25, 0.3) is 0 Å². The van der Waals surface area contributed by atoms with E-state index in [1.165, 1.54) is 12.5 Å². The Bertz CT molecular complexity index is 1590. The first kappa shape index (κ1) is 44.1. The summed E-state index contributed by atoms with van der Waals surface area (Å²) >= 11 is 0. The molecule has 55 heavy (non-hydrogen) atoms. The second-order valence-electron chi connectivity index (χ2n) is 14.5. The number of aromatic nitrogens is 2. The van der Waals surface area contributed by atoms with Gasteiger partial charge in [0.15, 0.2) is 0 Å². The topological polar surface area (TPSA) is 267 Å². The van der Waals surface area contributed by atoms with Crippen LogP contribution in [-0.2, 0) is 46.4 Å². The molecule has 1 aliphatic rings. The maximum absolute atomic E-state index is 14.0. The van der Waals surface area contributed by atoms with Crippen LogP contribution in [0.15, 0.2) is 42.9 Å². The Hall–Kier alpha value is -5.32. The van der Waals surface area contributed by atoms with Crippen LogP contribution < -0.4 is 37.6 Å². The molecular formula is C38H57N9O8. The number of carbonyl (C=O) groups is 7. The highest BCUT2D eigenvalue weighted by atomic mass is 16.4. The fourth-order valence-corrected chi connectivity index (χ4v) is 6.14. The molecule has 302 valence electrons. The van der Waals surface area contributed by atoms with E-state index in [-0.39, 0.29) is 37.5 Å². The highest BCUT2D eigenvalue weighted by molar-refractivity contribution is 5.97. The lowest BCUT2D eigenvalue weighted by molar-refractivity contribution is -0.139. The predicted octanol–water partition coefficient (Wildman–Crippen LogP) is 0.203. The van der Waals surface area contributed by atoms with Gasteiger partial charge in [-0.05, 0) is 55.9 Å². The Morgan fingerprint density at radius 1 is 0.873 bits per heavy atom. The minimum absolute atomic E-state index is 0.0435. The van der Waals surface area contributed by atoms with Gasteiger partial charge >= 0.3 is 5.97 Å². The van der Waals surface area contributed by atoms with Crippen molar-refractivity contribution in [3.8, 4) is 0 Å². The SMILES string of the molecule is CC[C@H](C)[C@@H](NC(=O)[C@@H](CCC(=O)O)NC(=O)[C@@H](Cc1cnc[nH]1)NC(=O)[C@H](CC(C)C)NC(=O)[C@H](N)Cc1ccccc1)C(=O)N[C@H]1CCCCNC1=O. The number of aromatic amines is 1. The predicted molar refractivity (Wildman–Crippen MR) is 203 cm³/mol. The van der Waals surface area contributed by atoms with Crippen LogP contribution in [0.5, 0.6) is 0 Å². The minimum atomic E-state index is -1.42. The Morgan fingerprint density at radius 3 is 2.16 bits per heavy atom. The molecule has 1 aromatic carbocycles. The van der Waals surface area contributed by atoms with Crippen molar-refractivity contribution < 1.29 is 38.7 Å². The molecule has 0 bridgehead atoms. The molecule has 10 N–H and O–H groups in total. The number of amides is 6. The Morgan fingerprint density at radius 2 is 1.53 bits per heavy atom. The molecular weight excluding hydrogens is 710 g/mol. The van der Waals surface area contributed by atoms with E-state index in [1.807, 2.05) is 51.1 Å². The Kier molecular flexibility index (Phi) is 17.8. The van der Waals surface area contributed by atoms with Crippen LogP contribution >= 0.6 is 0 Å². The van der Waals surface area contributed by atoms with Crippen LogP contribution in [0.2, 0.25) is 0 Å². The van der Waals surface area contributed by atoms with E-state index in [0.717, 1.165) is 18.4 Å². The molecule has 1 saturated heterocycles. The van der Waals surface area contributed by atoms with E-state index in [1.54, 1.807) is 6.92 Å². The lowest BCUT2D eigenvalue weighted by Gasteiger charge is -2.29. The Labute approximate surface area is 321 Å². The summed E-state index contributed by atoms with van der Waals surface area (Å²) in [6.45, 7) is 7.82. The quantitative estimate of drug-likeness (QED) is 0.0833. The third kappa shape index (κ3) is 14.8. The van der Waals surface area contributed by atoms with E-state index >= 15 is 0 Å². The number of H-pyrrole nitrogens is 1. The number of carboxylic acids is 1. The normalized spacial score (nSPS) is 17.6. The van der Waals surface area contributed by atoms with E-state index < -0.39 is 84.1 Å². The smallest absolute Gasteiger partial charge is 0.303 e. The maximum atomic E-state index is 14.0. The molecule has 6 amide bonds. The first-order valence-electron chi connectivity index (χ1n) is 19.0. The van der Waals surface area contributed by atoms with E-state index in [0.29, 0.717) is 25.1 Å². The van der Waals surface area contributed by atoms with Gasteiger partial charge in [0.2, 0.25) is 35.4 Å². The van der Waals surface area contributed by atoms with Crippen molar-refractivity contribution >= 4 is 41.4 Å². The number of hydrogen-bond donors (Lipinski definition) is 9. The molecule has 0 radical (unpaired) electrons. The van der Waals surface area contributed by atoms with Crippen LogP contribution in [0, 0.1) is 11.8 Å². The summed E-state index contributed by atoms with van der Waals surface area (Å²) in [4.78, 5) is 99.2. The summed E-state index contributed by atoms with van der Waals surface area (Å²) in [5.74, 6) is -5.41. The molecule has 1 aliphatic heterocycles. The number of aliphatic carboxylic acids is 1. The number of benzene rings is 1. The number of carboxylic acid groups (broad SMARTS) is 1. The highest BCUT2D eigenvalue weighted by Crippen LogP contribution is 2.13. The second-order valence-corrected chi connectivity index (χ2v) is 14.5. The first-order valence-corrected chi connectivity index (χ1v) is 19.0. The van der Waals surface area contributed by atoms with Crippen molar-refractivity contribution in [3.63, 3.8) is 0 Å². The van der Waals surface area contributed by atoms with Crippen LogP contribution in [0.1, 0.15) is 83.9 Å². The minimum Gasteiger partial charge on any atom is -0.481 e. The molecule has 1 fully saturated rings. The van der Waals surface area contributed by atoms with Crippen LogP contribution in [0.3, 0.4) is 0 Å². The molecule has 17 nitrogen and oxygen atoms in total. The molecule has 0 unspecified atom stereocenters. The van der Waals surface area contributed by atoms with Gasteiger partial charge in [0.25, 0.3) is 0 Å². The van der Waals surface area contributed by atoms with Gasteiger partial charge < -0.3 is 47.7 Å². The van der Waals surface area contributed by atoms with Crippen molar-refractivity contribution in [2.45, 2.75) is 122 Å².